The molecule has 1 fully saturated rings. The summed E-state index contributed by atoms with van der Waals surface area (Å²) in [5.74, 6) is -0.305. The zero-order valence-corrected chi connectivity index (χ0v) is 14.1. The van der Waals surface area contributed by atoms with Crippen LogP contribution in [0.1, 0.15) is 23.7 Å². The molecule has 0 saturated carbocycles. The van der Waals surface area contributed by atoms with Crippen molar-refractivity contribution < 1.29 is 21.7 Å². The van der Waals surface area contributed by atoms with Crippen molar-refractivity contribution in [2.45, 2.75) is 24.3 Å². The van der Waals surface area contributed by atoms with Crippen molar-refractivity contribution >= 4 is 10.1 Å². The molecule has 0 aliphatic carbocycles. The van der Waals surface area contributed by atoms with Gasteiger partial charge in [0.1, 0.15) is 5.82 Å². The minimum Gasteiger partial charge on any atom is -0.373 e. The topological polar surface area (TPSA) is 52.6 Å². The van der Waals surface area contributed by atoms with Crippen molar-refractivity contribution in [2.24, 2.45) is 5.92 Å². The fraction of sp³-hybridized carbons (Fsp3) is 0.333. The first kappa shape index (κ1) is 17.1. The Hall–Kier alpha value is -1.76. The largest absolute Gasteiger partial charge is 0.373 e. The van der Waals surface area contributed by atoms with Crippen LogP contribution in [0.2, 0.25) is 0 Å². The summed E-state index contributed by atoms with van der Waals surface area (Å²) in [6.45, 7) is 2.39. The van der Waals surface area contributed by atoms with Crippen LogP contribution in [-0.4, -0.2) is 21.6 Å². The Balaban J connectivity index is 1.57. The van der Waals surface area contributed by atoms with Crippen molar-refractivity contribution in [3.05, 3.63) is 65.5 Å². The zero-order chi connectivity index (χ0) is 17.2. The maximum Gasteiger partial charge on any atom is 0.296 e. The molecule has 0 bridgehead atoms. The molecule has 0 spiro atoms. The van der Waals surface area contributed by atoms with E-state index in [0.29, 0.717) is 13.0 Å². The molecule has 2 aromatic rings. The van der Waals surface area contributed by atoms with Gasteiger partial charge in [-0.05, 0) is 43.2 Å². The first-order valence-electron chi connectivity index (χ1n) is 7.77. The van der Waals surface area contributed by atoms with Crippen LogP contribution in [0.25, 0.3) is 0 Å². The Kier molecular flexibility index (Phi) is 4.99. The predicted molar refractivity (Wildman–Crippen MR) is 87.5 cm³/mol. The monoisotopic (exact) mass is 350 g/mol. The maximum absolute atomic E-state index is 13.0. The first-order valence-corrected chi connectivity index (χ1v) is 9.18. The molecule has 0 N–H and O–H groups in total. The average Bonchev–Trinajstić information content (AvgIpc) is 3.03. The van der Waals surface area contributed by atoms with Gasteiger partial charge in [0, 0.05) is 5.92 Å². The zero-order valence-electron chi connectivity index (χ0n) is 13.3. The molecule has 4 nitrogen and oxygen atoms in total. The first-order chi connectivity index (χ1) is 11.4. The van der Waals surface area contributed by atoms with Gasteiger partial charge in [-0.25, -0.2) is 4.39 Å². The van der Waals surface area contributed by atoms with Crippen molar-refractivity contribution in [1.82, 2.24) is 0 Å². The van der Waals surface area contributed by atoms with E-state index in [9.17, 15) is 12.8 Å². The minimum atomic E-state index is -3.76. The van der Waals surface area contributed by atoms with E-state index in [1.165, 1.54) is 24.3 Å². The van der Waals surface area contributed by atoms with Gasteiger partial charge in [-0.15, -0.1) is 0 Å². The third-order valence-electron chi connectivity index (χ3n) is 4.09. The number of rotatable bonds is 5. The molecule has 0 amide bonds. The van der Waals surface area contributed by atoms with Crippen molar-refractivity contribution in [1.29, 1.82) is 0 Å². The van der Waals surface area contributed by atoms with Crippen LogP contribution in [0.3, 0.4) is 0 Å². The highest BCUT2D eigenvalue weighted by Gasteiger charge is 2.28. The second kappa shape index (κ2) is 7.01. The van der Waals surface area contributed by atoms with E-state index in [4.69, 9.17) is 8.92 Å². The van der Waals surface area contributed by atoms with Crippen LogP contribution in [0.5, 0.6) is 0 Å². The Morgan fingerprint density at radius 2 is 1.79 bits per heavy atom. The molecular weight excluding hydrogens is 331 g/mol. The van der Waals surface area contributed by atoms with Gasteiger partial charge in [-0.1, -0.05) is 29.8 Å². The van der Waals surface area contributed by atoms with Crippen LogP contribution in [-0.2, 0) is 19.0 Å². The molecule has 6 heteroatoms. The number of benzene rings is 2. The summed E-state index contributed by atoms with van der Waals surface area (Å²) in [7, 11) is -3.76. The average molecular weight is 350 g/mol. The van der Waals surface area contributed by atoms with Gasteiger partial charge in [-0.2, -0.15) is 8.42 Å². The Labute approximate surface area is 141 Å². The molecule has 2 atom stereocenters. The van der Waals surface area contributed by atoms with Crippen molar-refractivity contribution in [2.75, 3.05) is 13.2 Å². The molecule has 128 valence electrons. The molecule has 1 aliphatic heterocycles. The summed E-state index contributed by atoms with van der Waals surface area (Å²) in [6.07, 6.45) is 0.496. The Morgan fingerprint density at radius 3 is 2.46 bits per heavy atom. The molecule has 1 heterocycles. The fourth-order valence-corrected chi connectivity index (χ4v) is 3.65. The lowest BCUT2D eigenvalue weighted by Crippen LogP contribution is -2.15. The number of aryl methyl sites for hydroxylation is 1. The van der Waals surface area contributed by atoms with Crippen LogP contribution in [0, 0.1) is 18.7 Å². The van der Waals surface area contributed by atoms with Gasteiger partial charge in [0.05, 0.1) is 24.2 Å². The summed E-state index contributed by atoms with van der Waals surface area (Å²) in [5, 5.41) is 0. The van der Waals surface area contributed by atoms with Crippen LogP contribution < -0.4 is 0 Å². The highest BCUT2D eigenvalue weighted by molar-refractivity contribution is 7.86. The fourth-order valence-electron chi connectivity index (χ4n) is 2.68. The molecule has 1 saturated heterocycles. The quantitative estimate of drug-likeness (QED) is 0.773. The van der Waals surface area contributed by atoms with E-state index in [1.807, 2.05) is 6.92 Å². The summed E-state index contributed by atoms with van der Waals surface area (Å²) >= 11 is 0. The molecule has 2 aromatic carbocycles. The molecule has 24 heavy (non-hydrogen) atoms. The summed E-state index contributed by atoms with van der Waals surface area (Å²) < 4.78 is 48.2. The van der Waals surface area contributed by atoms with E-state index >= 15 is 0 Å². The second-order valence-electron chi connectivity index (χ2n) is 6.03. The molecular formula is C18H19FO4S. The number of hydrogen-bond acceptors (Lipinski definition) is 4. The second-order valence-corrected chi connectivity index (χ2v) is 7.64. The molecule has 0 aromatic heterocycles. The number of halogens is 1. The number of ether oxygens (including phenoxy) is 1. The maximum atomic E-state index is 13.0. The lowest BCUT2D eigenvalue weighted by atomic mass is 10.0. The van der Waals surface area contributed by atoms with Gasteiger partial charge in [0.15, 0.2) is 0 Å². The SMILES string of the molecule is Cc1ccc(S(=O)(=O)OC[C@@H]2CO[C@@H](c3ccc(F)cc3)C2)cc1. The molecule has 0 unspecified atom stereocenters. The normalized spacial score (nSPS) is 21.1. The van der Waals surface area contributed by atoms with Crippen molar-refractivity contribution in [3.63, 3.8) is 0 Å². The van der Waals surface area contributed by atoms with Gasteiger partial charge in [-0.3, -0.25) is 4.18 Å². The minimum absolute atomic E-state index is 0.0136. The van der Waals surface area contributed by atoms with E-state index in [1.54, 1.807) is 24.3 Å². The van der Waals surface area contributed by atoms with Crippen LogP contribution >= 0.6 is 0 Å². The van der Waals surface area contributed by atoms with E-state index in [-0.39, 0.29) is 29.3 Å². The molecule has 3 rings (SSSR count). The Morgan fingerprint density at radius 1 is 1.12 bits per heavy atom. The predicted octanol–water partition coefficient (Wildman–Crippen LogP) is 3.62. The third kappa shape index (κ3) is 4.01. The smallest absolute Gasteiger partial charge is 0.296 e. The van der Waals surface area contributed by atoms with E-state index in [2.05, 4.69) is 0 Å². The van der Waals surface area contributed by atoms with Crippen LogP contribution in [0.4, 0.5) is 4.39 Å². The molecule has 0 radical (unpaired) electrons. The van der Waals surface area contributed by atoms with Gasteiger partial charge >= 0.3 is 0 Å². The molecule has 1 aliphatic rings. The Bertz CT molecular complexity index is 785. The lowest BCUT2D eigenvalue weighted by Gasteiger charge is -2.11. The summed E-state index contributed by atoms with van der Waals surface area (Å²) in [5.41, 5.74) is 1.88. The van der Waals surface area contributed by atoms with Gasteiger partial charge < -0.3 is 4.74 Å². The summed E-state index contributed by atoms with van der Waals surface area (Å²) in [6, 6.07) is 12.7. The van der Waals surface area contributed by atoms with Gasteiger partial charge in [0.2, 0.25) is 0 Å². The number of hydrogen-bond donors (Lipinski definition) is 0. The lowest BCUT2D eigenvalue weighted by molar-refractivity contribution is 0.103. The van der Waals surface area contributed by atoms with Crippen LogP contribution in [0.15, 0.2) is 53.4 Å². The standard InChI is InChI=1S/C18H19FO4S/c1-13-2-8-17(9-3-13)24(20,21)23-12-14-10-18(22-11-14)15-4-6-16(19)7-5-15/h2-9,14,18H,10-12H2,1H3/t14-,18+/m0/s1. The van der Waals surface area contributed by atoms with Gasteiger partial charge in [0.25, 0.3) is 10.1 Å². The highest BCUT2D eigenvalue weighted by atomic mass is 32.2. The van der Waals surface area contributed by atoms with E-state index < -0.39 is 10.1 Å². The summed E-state index contributed by atoms with van der Waals surface area (Å²) in [4.78, 5) is 0.155. The van der Waals surface area contributed by atoms with E-state index in [0.717, 1.165) is 11.1 Å². The highest BCUT2D eigenvalue weighted by Crippen LogP contribution is 2.33. The third-order valence-corrected chi connectivity index (χ3v) is 5.39. The van der Waals surface area contributed by atoms with Crippen molar-refractivity contribution in [3.8, 4) is 0 Å².